The predicted octanol–water partition coefficient (Wildman–Crippen LogP) is 5.42. The van der Waals surface area contributed by atoms with Crippen LogP contribution in [0, 0.1) is 5.82 Å². The van der Waals surface area contributed by atoms with Crippen LogP contribution in [-0.4, -0.2) is 26.1 Å². The van der Waals surface area contributed by atoms with Gasteiger partial charge in [-0.1, -0.05) is 29.8 Å². The number of aliphatic imine (C=N–C) groups is 1. The first-order valence-corrected chi connectivity index (χ1v) is 10.3. The number of cyclic esters (lactones) is 1. The zero-order valence-electron chi connectivity index (χ0n) is 17.8. The highest BCUT2D eigenvalue weighted by molar-refractivity contribution is 6.31. The van der Waals surface area contributed by atoms with Crippen molar-refractivity contribution in [1.82, 2.24) is 0 Å². The highest BCUT2D eigenvalue weighted by Crippen LogP contribution is 2.40. The largest absolute Gasteiger partial charge is 0.493 e. The average Bonchev–Trinajstić information content (AvgIpc) is 3.17. The van der Waals surface area contributed by atoms with Crippen LogP contribution in [0.2, 0.25) is 5.02 Å². The van der Waals surface area contributed by atoms with Crippen molar-refractivity contribution in [3.8, 4) is 17.2 Å². The van der Waals surface area contributed by atoms with Gasteiger partial charge in [0.05, 0.1) is 14.2 Å². The van der Waals surface area contributed by atoms with Crippen molar-refractivity contribution in [2.45, 2.75) is 6.61 Å². The summed E-state index contributed by atoms with van der Waals surface area (Å²) in [5.74, 6) is 0.338. The van der Waals surface area contributed by atoms with Crippen molar-refractivity contribution in [2.24, 2.45) is 4.99 Å². The monoisotopic (exact) mass is 467 g/mol. The molecule has 1 heterocycles. The molecule has 4 rings (SSSR count). The van der Waals surface area contributed by atoms with Crippen molar-refractivity contribution in [1.29, 1.82) is 0 Å². The first kappa shape index (κ1) is 22.4. The second-order valence-corrected chi connectivity index (χ2v) is 7.46. The number of carbonyl (C=O) groups is 1. The van der Waals surface area contributed by atoms with Crippen LogP contribution >= 0.6 is 11.6 Å². The van der Waals surface area contributed by atoms with Gasteiger partial charge >= 0.3 is 5.97 Å². The third-order valence-electron chi connectivity index (χ3n) is 4.75. The lowest BCUT2D eigenvalue weighted by Crippen LogP contribution is -2.05. The van der Waals surface area contributed by atoms with Crippen LogP contribution in [-0.2, 0) is 16.1 Å². The highest BCUT2D eigenvalue weighted by atomic mass is 35.5. The van der Waals surface area contributed by atoms with Gasteiger partial charge in [-0.05, 0) is 59.7 Å². The van der Waals surface area contributed by atoms with Crippen LogP contribution in [0.3, 0.4) is 0 Å². The molecule has 0 aliphatic carbocycles. The number of halogens is 2. The van der Waals surface area contributed by atoms with Crippen LogP contribution in [0.4, 0.5) is 4.39 Å². The minimum Gasteiger partial charge on any atom is -0.493 e. The van der Waals surface area contributed by atoms with Crippen molar-refractivity contribution >= 4 is 29.5 Å². The van der Waals surface area contributed by atoms with E-state index < -0.39 is 5.97 Å². The van der Waals surface area contributed by atoms with Gasteiger partial charge in [-0.25, -0.2) is 14.2 Å². The lowest BCUT2D eigenvalue weighted by molar-refractivity contribution is -0.129. The third-order valence-corrected chi connectivity index (χ3v) is 4.99. The molecule has 0 bridgehead atoms. The maximum Gasteiger partial charge on any atom is 0.363 e. The summed E-state index contributed by atoms with van der Waals surface area (Å²) in [5, 5.41) is 0.506. The Morgan fingerprint density at radius 3 is 2.42 bits per heavy atom. The molecule has 33 heavy (non-hydrogen) atoms. The molecular weight excluding hydrogens is 449 g/mol. The van der Waals surface area contributed by atoms with E-state index >= 15 is 0 Å². The summed E-state index contributed by atoms with van der Waals surface area (Å²) in [6.07, 6.45) is 1.56. The van der Waals surface area contributed by atoms with Gasteiger partial charge in [0.15, 0.2) is 17.2 Å². The van der Waals surface area contributed by atoms with Crippen molar-refractivity contribution in [2.75, 3.05) is 14.2 Å². The Hall–Kier alpha value is -3.84. The van der Waals surface area contributed by atoms with Gasteiger partial charge in [-0.2, -0.15) is 0 Å². The standard InChI is InChI=1S/C25H19ClFNO5/c1-30-21-11-16(10-20-25(29)33-24(28-20)17-6-4-7-18(26)13-17)12-22(31-2)23(21)32-14-15-5-3-8-19(27)9-15/h3-13H,14H2,1-2H3/b20-10+. The zero-order chi connectivity index (χ0) is 23.4. The number of methoxy groups -OCH3 is 2. The van der Waals surface area contributed by atoms with E-state index in [1.807, 2.05) is 0 Å². The molecule has 0 saturated heterocycles. The van der Waals surface area contributed by atoms with Crippen molar-refractivity contribution in [3.05, 3.63) is 93.9 Å². The number of nitrogens with zero attached hydrogens (tertiary/aromatic N) is 1. The fraction of sp³-hybridized carbons (Fsp3) is 0.120. The van der Waals surface area contributed by atoms with Crippen LogP contribution < -0.4 is 14.2 Å². The van der Waals surface area contributed by atoms with Gasteiger partial charge in [0.1, 0.15) is 12.4 Å². The average molecular weight is 468 g/mol. The lowest BCUT2D eigenvalue weighted by Gasteiger charge is -2.15. The molecule has 0 saturated carbocycles. The Bertz CT molecular complexity index is 1250. The number of carbonyl (C=O) groups excluding carboxylic acids is 1. The molecule has 0 atom stereocenters. The molecule has 0 spiro atoms. The number of hydrogen-bond donors (Lipinski definition) is 0. The molecule has 0 unspecified atom stereocenters. The predicted molar refractivity (Wildman–Crippen MR) is 122 cm³/mol. The van der Waals surface area contributed by atoms with E-state index in [4.69, 9.17) is 30.5 Å². The molecule has 168 valence electrons. The van der Waals surface area contributed by atoms with Gasteiger partial charge in [0.2, 0.25) is 11.6 Å². The Labute approximate surface area is 194 Å². The van der Waals surface area contributed by atoms with E-state index in [1.165, 1.54) is 26.4 Å². The van der Waals surface area contributed by atoms with Gasteiger partial charge in [0, 0.05) is 10.6 Å². The van der Waals surface area contributed by atoms with E-state index in [2.05, 4.69) is 4.99 Å². The molecule has 3 aromatic carbocycles. The maximum atomic E-state index is 13.5. The minimum absolute atomic E-state index is 0.113. The zero-order valence-corrected chi connectivity index (χ0v) is 18.6. The van der Waals surface area contributed by atoms with Gasteiger partial charge in [0.25, 0.3) is 0 Å². The first-order chi connectivity index (χ1) is 16.0. The van der Waals surface area contributed by atoms with E-state index in [-0.39, 0.29) is 24.0 Å². The Balaban J connectivity index is 1.63. The second kappa shape index (κ2) is 9.75. The molecule has 6 nitrogen and oxygen atoms in total. The Morgan fingerprint density at radius 2 is 1.76 bits per heavy atom. The summed E-state index contributed by atoms with van der Waals surface area (Å²) < 4.78 is 35.5. The summed E-state index contributed by atoms with van der Waals surface area (Å²) in [4.78, 5) is 16.6. The topological polar surface area (TPSA) is 66.4 Å². The molecule has 0 aromatic heterocycles. The van der Waals surface area contributed by atoms with Crippen LogP contribution in [0.25, 0.3) is 6.08 Å². The summed E-state index contributed by atoms with van der Waals surface area (Å²) >= 11 is 6.01. The molecule has 0 fully saturated rings. The molecule has 1 aliphatic heterocycles. The molecule has 0 N–H and O–H groups in total. The number of benzene rings is 3. The quantitative estimate of drug-likeness (QED) is 0.343. The lowest BCUT2D eigenvalue weighted by atomic mass is 10.1. The maximum absolute atomic E-state index is 13.5. The SMILES string of the molecule is COc1cc(/C=C2/N=C(c3cccc(Cl)c3)OC2=O)cc(OC)c1OCc1cccc(F)c1. The first-order valence-electron chi connectivity index (χ1n) is 9.88. The van der Waals surface area contributed by atoms with E-state index in [1.54, 1.807) is 54.6 Å². The summed E-state index contributed by atoms with van der Waals surface area (Å²) in [6, 6.07) is 16.3. The molecule has 0 amide bonds. The molecule has 8 heteroatoms. The molecule has 1 aliphatic rings. The smallest absolute Gasteiger partial charge is 0.363 e. The molecule has 3 aromatic rings. The molecular formula is C25H19ClFNO5. The highest BCUT2D eigenvalue weighted by Gasteiger charge is 2.25. The van der Waals surface area contributed by atoms with Crippen LogP contribution in [0.15, 0.2) is 71.4 Å². The van der Waals surface area contributed by atoms with Crippen molar-refractivity contribution < 1.29 is 28.1 Å². The number of esters is 1. The minimum atomic E-state index is -0.589. The number of hydrogen-bond acceptors (Lipinski definition) is 6. The van der Waals surface area contributed by atoms with Crippen LogP contribution in [0.1, 0.15) is 16.7 Å². The van der Waals surface area contributed by atoms with Crippen LogP contribution in [0.5, 0.6) is 17.2 Å². The van der Waals surface area contributed by atoms with E-state index in [0.717, 1.165) is 0 Å². The van der Waals surface area contributed by atoms with E-state index in [0.29, 0.717) is 39.0 Å². The second-order valence-electron chi connectivity index (χ2n) is 7.02. The summed E-state index contributed by atoms with van der Waals surface area (Å²) in [6.45, 7) is 0.116. The number of ether oxygens (including phenoxy) is 4. The number of rotatable bonds is 7. The van der Waals surface area contributed by atoms with Gasteiger partial charge in [-0.3, -0.25) is 0 Å². The van der Waals surface area contributed by atoms with Gasteiger partial charge in [-0.15, -0.1) is 0 Å². The fourth-order valence-corrected chi connectivity index (χ4v) is 3.41. The third kappa shape index (κ3) is 5.15. The summed E-state index contributed by atoms with van der Waals surface area (Å²) in [5.41, 5.74) is 1.95. The Morgan fingerprint density at radius 1 is 1.03 bits per heavy atom. The molecule has 0 radical (unpaired) electrons. The van der Waals surface area contributed by atoms with Gasteiger partial charge < -0.3 is 18.9 Å². The fourth-order valence-electron chi connectivity index (χ4n) is 3.22. The van der Waals surface area contributed by atoms with E-state index in [9.17, 15) is 9.18 Å². The normalized spacial score (nSPS) is 14.1. The van der Waals surface area contributed by atoms with Crippen molar-refractivity contribution in [3.63, 3.8) is 0 Å². The Kier molecular flexibility index (Phi) is 6.60. The summed E-state index contributed by atoms with van der Waals surface area (Å²) in [7, 11) is 2.97.